The van der Waals surface area contributed by atoms with Crippen LogP contribution in [-0.4, -0.2) is 21.0 Å². The van der Waals surface area contributed by atoms with Crippen molar-refractivity contribution in [2.75, 3.05) is 6.26 Å². The van der Waals surface area contributed by atoms with Crippen molar-refractivity contribution in [3.8, 4) is 0 Å². The summed E-state index contributed by atoms with van der Waals surface area (Å²) in [5.74, 6) is 0. The second kappa shape index (κ2) is 5.25. The molecular formula is C8H7F3O4S2. The Morgan fingerprint density at radius 2 is 1.71 bits per heavy atom. The highest BCUT2D eigenvalue weighted by Crippen LogP contribution is 2.25. The van der Waals surface area contributed by atoms with Crippen LogP contribution in [0.1, 0.15) is 0 Å². The molecule has 0 aliphatic heterocycles. The topological polar surface area (TPSA) is 52.6 Å². The Morgan fingerprint density at radius 3 is 2.12 bits per heavy atom. The first-order chi connectivity index (χ1) is 7.68. The molecule has 0 aromatic heterocycles. The Bertz CT molecular complexity index is 467. The molecule has 0 spiro atoms. The van der Waals surface area contributed by atoms with Gasteiger partial charge in [-0.05, 0) is 24.3 Å². The molecule has 9 heteroatoms. The highest BCUT2D eigenvalue weighted by Gasteiger charge is 2.31. The Hall–Kier alpha value is -0.770. The number of hydrogen-bond acceptors (Lipinski definition) is 5. The fourth-order valence-electron chi connectivity index (χ4n) is 0.837. The van der Waals surface area contributed by atoms with Crippen molar-refractivity contribution in [2.24, 2.45) is 0 Å². The van der Waals surface area contributed by atoms with Gasteiger partial charge in [-0.25, -0.2) is 8.42 Å². The number of halogens is 3. The zero-order valence-electron chi connectivity index (χ0n) is 8.39. The van der Waals surface area contributed by atoms with Gasteiger partial charge < -0.3 is 0 Å². The Balaban J connectivity index is 2.58. The van der Waals surface area contributed by atoms with E-state index in [0.29, 0.717) is 12.0 Å². The van der Waals surface area contributed by atoms with Gasteiger partial charge in [-0.2, -0.15) is 4.33 Å². The van der Waals surface area contributed by atoms with Crippen molar-refractivity contribution in [1.29, 1.82) is 0 Å². The SMILES string of the molecule is CS(=O)(=O)c1ccc(SOOC(F)(F)F)cc1. The van der Waals surface area contributed by atoms with Crippen LogP contribution in [0.25, 0.3) is 0 Å². The molecule has 0 heterocycles. The van der Waals surface area contributed by atoms with Gasteiger partial charge in [-0.3, -0.25) is 0 Å². The third-order valence-electron chi connectivity index (χ3n) is 1.51. The summed E-state index contributed by atoms with van der Waals surface area (Å²) in [6.07, 6.45) is -3.85. The smallest absolute Gasteiger partial charge is 0.224 e. The minimum atomic E-state index is -4.88. The first-order valence-corrected chi connectivity index (χ1v) is 6.71. The molecule has 0 bridgehead atoms. The Morgan fingerprint density at radius 1 is 1.18 bits per heavy atom. The van der Waals surface area contributed by atoms with Gasteiger partial charge in [0.1, 0.15) is 0 Å². The van der Waals surface area contributed by atoms with Crippen molar-refractivity contribution < 1.29 is 30.8 Å². The van der Waals surface area contributed by atoms with Crippen LogP contribution in [0.2, 0.25) is 0 Å². The van der Waals surface area contributed by atoms with E-state index in [2.05, 4.69) is 9.22 Å². The molecule has 96 valence electrons. The maximum Gasteiger partial charge on any atom is 0.550 e. The number of benzene rings is 1. The van der Waals surface area contributed by atoms with E-state index >= 15 is 0 Å². The normalized spacial score (nSPS) is 12.7. The average Bonchev–Trinajstić information content (AvgIpc) is 2.15. The van der Waals surface area contributed by atoms with E-state index in [-0.39, 0.29) is 9.79 Å². The van der Waals surface area contributed by atoms with Gasteiger partial charge in [0.05, 0.1) is 16.9 Å². The molecule has 0 saturated heterocycles. The zero-order chi connectivity index (χ0) is 13.1. The molecule has 1 aromatic rings. The lowest BCUT2D eigenvalue weighted by Gasteiger charge is -2.05. The van der Waals surface area contributed by atoms with Crippen molar-refractivity contribution in [1.82, 2.24) is 0 Å². The summed E-state index contributed by atoms with van der Waals surface area (Å²) in [4.78, 5) is 3.42. The molecule has 0 amide bonds. The van der Waals surface area contributed by atoms with Crippen LogP contribution in [0.3, 0.4) is 0 Å². The summed E-state index contributed by atoms with van der Waals surface area (Å²) >= 11 is 0.330. The van der Waals surface area contributed by atoms with Crippen LogP contribution in [0, 0.1) is 0 Å². The first kappa shape index (κ1) is 14.3. The summed E-state index contributed by atoms with van der Waals surface area (Å²) in [6, 6.07) is 5.13. The van der Waals surface area contributed by atoms with E-state index in [4.69, 9.17) is 0 Å². The van der Waals surface area contributed by atoms with Gasteiger partial charge in [0.25, 0.3) is 0 Å². The van der Waals surface area contributed by atoms with Gasteiger partial charge in [0, 0.05) is 11.2 Å². The molecule has 1 aromatic carbocycles. The predicted molar refractivity (Wildman–Crippen MR) is 53.6 cm³/mol. The summed E-state index contributed by atoms with van der Waals surface area (Å²) in [7, 11) is -3.32. The molecule has 1 rings (SSSR count). The van der Waals surface area contributed by atoms with Gasteiger partial charge in [-0.15, -0.1) is 18.1 Å². The Labute approximate surface area is 99.8 Å². The molecule has 0 unspecified atom stereocenters. The number of rotatable bonds is 4. The highest BCUT2D eigenvalue weighted by molar-refractivity contribution is 7.94. The minimum absolute atomic E-state index is 0.0681. The highest BCUT2D eigenvalue weighted by atomic mass is 32.2. The number of sulfone groups is 1. The van der Waals surface area contributed by atoms with E-state index in [1.165, 1.54) is 24.3 Å². The van der Waals surface area contributed by atoms with E-state index in [1.807, 2.05) is 0 Å². The molecule has 0 atom stereocenters. The molecule has 0 fully saturated rings. The molecule has 4 nitrogen and oxygen atoms in total. The van der Waals surface area contributed by atoms with Crippen LogP contribution in [0.5, 0.6) is 0 Å². The van der Waals surface area contributed by atoms with Crippen molar-refractivity contribution in [3.05, 3.63) is 24.3 Å². The van der Waals surface area contributed by atoms with Gasteiger partial charge in [0.15, 0.2) is 9.84 Å². The minimum Gasteiger partial charge on any atom is -0.224 e. The predicted octanol–water partition coefficient (Wildman–Crippen LogP) is 2.57. The van der Waals surface area contributed by atoms with Crippen LogP contribution < -0.4 is 0 Å². The lowest BCUT2D eigenvalue weighted by atomic mass is 10.4. The molecule has 0 aliphatic carbocycles. The summed E-state index contributed by atoms with van der Waals surface area (Å²) in [6.45, 7) is 0. The fraction of sp³-hybridized carbons (Fsp3) is 0.250. The lowest BCUT2D eigenvalue weighted by molar-refractivity contribution is -0.440. The molecule has 0 aliphatic rings. The van der Waals surface area contributed by atoms with Crippen molar-refractivity contribution >= 4 is 21.9 Å². The van der Waals surface area contributed by atoms with Crippen molar-refractivity contribution in [3.63, 3.8) is 0 Å². The van der Waals surface area contributed by atoms with Crippen molar-refractivity contribution in [2.45, 2.75) is 16.2 Å². The summed E-state index contributed by atoms with van der Waals surface area (Å²) in [5.41, 5.74) is 0. The second-order valence-corrected chi connectivity index (χ2v) is 5.71. The maximum atomic E-state index is 11.5. The first-order valence-electron chi connectivity index (χ1n) is 4.08. The fourth-order valence-corrected chi connectivity index (χ4v) is 1.90. The molecule has 0 N–H and O–H groups in total. The number of hydrogen-bond donors (Lipinski definition) is 0. The van der Waals surface area contributed by atoms with E-state index in [1.54, 1.807) is 0 Å². The van der Waals surface area contributed by atoms with Crippen LogP contribution >= 0.6 is 12.0 Å². The summed E-state index contributed by atoms with van der Waals surface area (Å²) < 4.78 is 60.6. The van der Waals surface area contributed by atoms with Gasteiger partial charge in [0.2, 0.25) is 0 Å². The lowest BCUT2D eigenvalue weighted by Crippen LogP contribution is -2.11. The third kappa shape index (κ3) is 5.39. The Kier molecular flexibility index (Phi) is 4.42. The monoisotopic (exact) mass is 288 g/mol. The van der Waals surface area contributed by atoms with Gasteiger partial charge >= 0.3 is 6.36 Å². The molecular weight excluding hydrogens is 281 g/mol. The number of alkyl halides is 3. The standard InChI is InChI=1S/C8H7F3O4S2/c1-17(12,13)7-4-2-6(3-5-7)16-15-14-8(9,10)11/h2-5H,1H3. The second-order valence-electron chi connectivity index (χ2n) is 2.92. The van der Waals surface area contributed by atoms with E-state index in [0.717, 1.165) is 6.26 Å². The molecule has 17 heavy (non-hydrogen) atoms. The van der Waals surface area contributed by atoms with Crippen LogP contribution in [0.15, 0.2) is 34.1 Å². The average molecular weight is 288 g/mol. The van der Waals surface area contributed by atoms with Crippen LogP contribution in [0.4, 0.5) is 13.2 Å². The zero-order valence-corrected chi connectivity index (χ0v) is 10.0. The third-order valence-corrected chi connectivity index (χ3v) is 3.24. The largest absolute Gasteiger partial charge is 0.550 e. The van der Waals surface area contributed by atoms with Crippen LogP contribution in [-0.2, 0) is 19.1 Å². The van der Waals surface area contributed by atoms with Gasteiger partial charge in [-0.1, -0.05) is 0 Å². The quantitative estimate of drug-likeness (QED) is 0.484. The molecule has 0 saturated carbocycles. The maximum absolute atomic E-state index is 11.5. The molecule has 0 radical (unpaired) electrons. The van der Waals surface area contributed by atoms with E-state index < -0.39 is 16.2 Å². The van der Waals surface area contributed by atoms with E-state index in [9.17, 15) is 21.6 Å². The summed E-state index contributed by atoms with van der Waals surface area (Å²) in [5, 5.41) is 0.